The Labute approximate surface area is 185 Å². The summed E-state index contributed by atoms with van der Waals surface area (Å²) in [7, 11) is 2.17. The van der Waals surface area contributed by atoms with Gasteiger partial charge in [-0.05, 0) is 87.7 Å². The van der Waals surface area contributed by atoms with Crippen LogP contribution in [-0.4, -0.2) is 59.6 Å². The molecule has 0 radical (unpaired) electrons. The molecule has 7 heteroatoms. The second-order valence-corrected chi connectivity index (χ2v) is 9.03. The Morgan fingerprint density at radius 3 is 2.60 bits per heavy atom. The molecule has 166 valence electrons. The van der Waals surface area contributed by atoms with E-state index in [9.17, 15) is 9.59 Å². The smallest absolute Gasteiger partial charge is 0.324 e. The number of halogens is 1. The first-order valence-electron chi connectivity index (χ1n) is 11.1. The highest BCUT2D eigenvalue weighted by Gasteiger charge is 2.36. The zero-order valence-corrected chi connectivity index (χ0v) is 18.7. The van der Waals surface area contributed by atoms with Gasteiger partial charge in [-0.1, -0.05) is 6.07 Å². The van der Waals surface area contributed by atoms with Crippen molar-refractivity contribution in [3.8, 4) is 0 Å². The number of carbonyl (C=O) groups excluding carboxylic acids is 1. The van der Waals surface area contributed by atoms with E-state index in [4.69, 9.17) is 5.11 Å². The number of nitrogens with zero attached hydrogens (tertiary/aromatic N) is 3. The molecule has 1 saturated carbocycles. The highest BCUT2D eigenvalue weighted by Crippen LogP contribution is 2.33. The third-order valence-corrected chi connectivity index (χ3v) is 6.99. The minimum absolute atomic E-state index is 0. The lowest BCUT2D eigenvalue weighted by atomic mass is 9.83. The Balaban J connectivity index is 0.00000256. The van der Waals surface area contributed by atoms with Crippen molar-refractivity contribution in [2.75, 3.05) is 31.6 Å². The number of aryl methyl sites for hydroxylation is 1. The monoisotopic (exact) mass is 435 g/mol. The summed E-state index contributed by atoms with van der Waals surface area (Å²) < 4.78 is 0. The summed E-state index contributed by atoms with van der Waals surface area (Å²) in [6.45, 7) is 3.66. The minimum Gasteiger partial charge on any atom is -0.481 e. The molecule has 2 heterocycles. The number of urea groups is 1. The second kappa shape index (κ2) is 10.0. The zero-order chi connectivity index (χ0) is 20.4. The molecule has 3 aliphatic rings. The first kappa shape index (κ1) is 22.9. The Bertz CT molecular complexity index is 764. The van der Waals surface area contributed by atoms with E-state index in [1.54, 1.807) is 0 Å². The van der Waals surface area contributed by atoms with E-state index in [0.29, 0.717) is 12.0 Å². The van der Waals surface area contributed by atoms with E-state index in [1.807, 2.05) is 4.90 Å². The number of hydrogen-bond acceptors (Lipinski definition) is 3. The number of carbonyl (C=O) groups is 2. The van der Waals surface area contributed by atoms with Crippen LogP contribution in [-0.2, 0) is 17.8 Å². The van der Waals surface area contributed by atoms with Crippen LogP contribution < -0.4 is 4.90 Å². The number of aliphatic carboxylic acids is 1. The lowest BCUT2D eigenvalue weighted by molar-refractivity contribution is -0.137. The summed E-state index contributed by atoms with van der Waals surface area (Å²) in [5, 5.41) is 8.88. The highest BCUT2D eigenvalue weighted by molar-refractivity contribution is 5.94. The topological polar surface area (TPSA) is 64.1 Å². The molecule has 1 aromatic rings. The van der Waals surface area contributed by atoms with Crippen molar-refractivity contribution in [3.63, 3.8) is 0 Å². The third kappa shape index (κ3) is 5.09. The maximum absolute atomic E-state index is 13.2. The molecule has 6 nitrogen and oxygen atoms in total. The molecule has 1 aromatic carbocycles. The van der Waals surface area contributed by atoms with Gasteiger partial charge in [-0.25, -0.2) is 4.79 Å². The van der Waals surface area contributed by atoms with Gasteiger partial charge in [0.1, 0.15) is 0 Å². The van der Waals surface area contributed by atoms with Crippen molar-refractivity contribution < 1.29 is 14.7 Å². The molecule has 2 amide bonds. The molecule has 0 atom stereocenters. The number of fused-ring (bicyclic) bond motifs is 1. The molecule has 4 rings (SSSR count). The second-order valence-electron chi connectivity index (χ2n) is 9.03. The molecule has 0 unspecified atom stereocenters. The normalized spacial score (nSPS) is 24.9. The van der Waals surface area contributed by atoms with Gasteiger partial charge in [0.15, 0.2) is 0 Å². The van der Waals surface area contributed by atoms with E-state index in [1.165, 1.54) is 11.1 Å². The number of carboxylic acid groups (broad SMARTS) is 1. The number of anilines is 1. The lowest BCUT2D eigenvalue weighted by Gasteiger charge is -2.34. The van der Waals surface area contributed by atoms with Gasteiger partial charge in [-0.15, -0.1) is 12.4 Å². The minimum atomic E-state index is -0.704. The largest absolute Gasteiger partial charge is 0.481 e. The number of amides is 2. The third-order valence-electron chi connectivity index (χ3n) is 6.99. The standard InChI is InChI=1S/C23H33N3O3.ClH/c1-24-12-2-3-18-15-21(10-7-19(18)16-24)26-14-13-25(23(26)29)20-8-4-17(5-9-20)6-11-22(27)28;/h7,10,15,17,20H,2-6,8-9,11-14,16H2,1H3,(H,27,28);1H/t17-,20-;. The summed E-state index contributed by atoms with van der Waals surface area (Å²) in [5.74, 6) is -0.205. The Kier molecular flexibility index (Phi) is 7.64. The van der Waals surface area contributed by atoms with E-state index in [-0.39, 0.29) is 24.9 Å². The predicted octanol–water partition coefficient (Wildman–Crippen LogP) is 4.15. The van der Waals surface area contributed by atoms with E-state index < -0.39 is 5.97 Å². The zero-order valence-electron chi connectivity index (χ0n) is 17.9. The average Bonchev–Trinajstić information content (AvgIpc) is 2.98. The fourth-order valence-electron chi connectivity index (χ4n) is 5.28. The van der Waals surface area contributed by atoms with Crippen molar-refractivity contribution in [1.29, 1.82) is 0 Å². The van der Waals surface area contributed by atoms with Crippen LogP contribution in [0.25, 0.3) is 0 Å². The molecule has 2 fully saturated rings. The Morgan fingerprint density at radius 1 is 1.10 bits per heavy atom. The molecule has 0 aromatic heterocycles. The summed E-state index contributed by atoms with van der Waals surface area (Å²) >= 11 is 0. The van der Waals surface area contributed by atoms with Gasteiger partial charge < -0.3 is 14.9 Å². The molecule has 0 spiro atoms. The van der Waals surface area contributed by atoms with Crippen LogP contribution in [0.3, 0.4) is 0 Å². The van der Waals surface area contributed by atoms with Crippen LogP contribution in [0.5, 0.6) is 0 Å². The van der Waals surface area contributed by atoms with Gasteiger partial charge in [0.05, 0.1) is 0 Å². The van der Waals surface area contributed by atoms with Crippen LogP contribution in [0.1, 0.15) is 56.1 Å². The van der Waals surface area contributed by atoms with Crippen molar-refractivity contribution >= 4 is 30.1 Å². The van der Waals surface area contributed by atoms with E-state index in [0.717, 1.165) is 76.8 Å². The fourth-order valence-corrected chi connectivity index (χ4v) is 5.28. The first-order valence-corrected chi connectivity index (χ1v) is 11.1. The Hall–Kier alpha value is -1.79. The van der Waals surface area contributed by atoms with Crippen LogP contribution in [0, 0.1) is 5.92 Å². The van der Waals surface area contributed by atoms with Crippen molar-refractivity contribution in [2.24, 2.45) is 5.92 Å². The summed E-state index contributed by atoms with van der Waals surface area (Å²) in [6.07, 6.45) is 7.35. The van der Waals surface area contributed by atoms with Crippen LogP contribution in [0.15, 0.2) is 18.2 Å². The molecule has 0 bridgehead atoms. The van der Waals surface area contributed by atoms with Crippen molar-refractivity contribution in [3.05, 3.63) is 29.3 Å². The van der Waals surface area contributed by atoms with Gasteiger partial charge in [0.2, 0.25) is 0 Å². The fraction of sp³-hybridized carbons (Fsp3) is 0.652. The SMILES string of the molecule is CN1CCCc2cc(N3CCN([C@H]4CC[C@H](CCC(=O)O)CC4)C3=O)ccc2C1.Cl. The van der Waals surface area contributed by atoms with Gasteiger partial charge in [0, 0.05) is 37.8 Å². The Morgan fingerprint density at radius 2 is 1.87 bits per heavy atom. The molecule has 1 saturated heterocycles. The average molecular weight is 436 g/mol. The number of carboxylic acids is 1. The summed E-state index contributed by atoms with van der Waals surface area (Å²) in [4.78, 5) is 30.3. The van der Waals surface area contributed by atoms with Crippen LogP contribution >= 0.6 is 12.4 Å². The number of rotatable bonds is 5. The lowest BCUT2D eigenvalue weighted by Crippen LogP contribution is -2.41. The maximum Gasteiger partial charge on any atom is 0.324 e. The van der Waals surface area contributed by atoms with Crippen molar-refractivity contribution in [2.45, 2.75) is 64.0 Å². The molecular formula is C23H34ClN3O3. The summed E-state index contributed by atoms with van der Waals surface area (Å²) in [6, 6.07) is 7.00. The van der Waals surface area contributed by atoms with E-state index >= 15 is 0 Å². The van der Waals surface area contributed by atoms with Gasteiger partial charge in [-0.2, -0.15) is 0 Å². The van der Waals surface area contributed by atoms with Gasteiger partial charge in [0.25, 0.3) is 0 Å². The van der Waals surface area contributed by atoms with Gasteiger partial charge >= 0.3 is 12.0 Å². The van der Waals surface area contributed by atoms with Crippen LogP contribution in [0.2, 0.25) is 0 Å². The van der Waals surface area contributed by atoms with Gasteiger partial charge in [-0.3, -0.25) is 9.69 Å². The van der Waals surface area contributed by atoms with E-state index in [2.05, 4.69) is 35.0 Å². The number of benzene rings is 1. The van der Waals surface area contributed by atoms with Crippen LogP contribution in [0.4, 0.5) is 10.5 Å². The quantitative estimate of drug-likeness (QED) is 0.754. The first-order chi connectivity index (χ1) is 14.0. The maximum atomic E-state index is 13.2. The number of hydrogen-bond donors (Lipinski definition) is 1. The molecular weight excluding hydrogens is 402 g/mol. The molecule has 1 N–H and O–H groups in total. The highest BCUT2D eigenvalue weighted by atomic mass is 35.5. The van der Waals surface area contributed by atoms with Crippen molar-refractivity contribution in [1.82, 2.24) is 9.80 Å². The molecule has 30 heavy (non-hydrogen) atoms. The predicted molar refractivity (Wildman–Crippen MR) is 120 cm³/mol. The molecule has 1 aliphatic carbocycles. The molecule has 2 aliphatic heterocycles. The summed E-state index contributed by atoms with van der Waals surface area (Å²) in [5.41, 5.74) is 3.81.